The van der Waals surface area contributed by atoms with E-state index in [4.69, 9.17) is 4.74 Å². The Bertz CT molecular complexity index is 573. The molecule has 3 rings (SSSR count). The lowest BCUT2D eigenvalue weighted by atomic mass is 9.96. The molecule has 0 saturated heterocycles. The first-order valence-electron chi connectivity index (χ1n) is 6.86. The molecule has 0 amide bonds. The van der Waals surface area contributed by atoms with E-state index in [0.717, 1.165) is 34.6 Å². The SMILES string of the molecule is CCCNC1CC(c2nccs2)Oc2cc(Br)ccc21. The lowest BCUT2D eigenvalue weighted by molar-refractivity contribution is 0.151. The maximum Gasteiger partial charge on any atom is 0.152 e. The Hall–Kier alpha value is -0.910. The minimum atomic E-state index is 0.0474. The van der Waals surface area contributed by atoms with Crippen LogP contribution in [-0.4, -0.2) is 11.5 Å². The minimum Gasteiger partial charge on any atom is -0.483 e. The van der Waals surface area contributed by atoms with Crippen LogP contribution >= 0.6 is 27.3 Å². The maximum atomic E-state index is 6.15. The molecule has 0 radical (unpaired) electrons. The van der Waals surface area contributed by atoms with E-state index >= 15 is 0 Å². The summed E-state index contributed by atoms with van der Waals surface area (Å²) in [4.78, 5) is 4.40. The number of thiazole rings is 1. The zero-order valence-corrected chi connectivity index (χ0v) is 13.7. The Morgan fingerprint density at radius 1 is 1.50 bits per heavy atom. The van der Waals surface area contributed by atoms with E-state index in [1.54, 1.807) is 11.3 Å². The molecule has 0 spiro atoms. The molecule has 3 nitrogen and oxygen atoms in total. The molecule has 2 aromatic rings. The minimum absolute atomic E-state index is 0.0474. The number of halogens is 1. The number of nitrogens with one attached hydrogen (secondary N) is 1. The monoisotopic (exact) mass is 352 g/mol. The van der Waals surface area contributed by atoms with E-state index in [9.17, 15) is 0 Å². The molecule has 0 fully saturated rings. The number of ether oxygens (including phenoxy) is 1. The van der Waals surface area contributed by atoms with Gasteiger partial charge in [0, 0.05) is 34.1 Å². The molecule has 1 aromatic heterocycles. The van der Waals surface area contributed by atoms with Crippen molar-refractivity contribution in [3.63, 3.8) is 0 Å². The third-order valence-corrected chi connectivity index (χ3v) is 4.80. The fourth-order valence-electron chi connectivity index (χ4n) is 2.50. The van der Waals surface area contributed by atoms with Crippen LogP contribution in [0.25, 0.3) is 0 Å². The number of benzene rings is 1. The molecule has 0 saturated carbocycles. The van der Waals surface area contributed by atoms with E-state index in [2.05, 4.69) is 51.4 Å². The van der Waals surface area contributed by atoms with E-state index in [-0.39, 0.29) is 6.10 Å². The second-order valence-corrected chi connectivity index (χ2v) is 6.74. The molecule has 5 heteroatoms. The van der Waals surface area contributed by atoms with Crippen molar-refractivity contribution in [1.29, 1.82) is 0 Å². The fraction of sp³-hybridized carbons (Fsp3) is 0.400. The summed E-state index contributed by atoms with van der Waals surface area (Å²) in [6.07, 6.45) is 3.95. The van der Waals surface area contributed by atoms with Crippen molar-refractivity contribution < 1.29 is 4.74 Å². The number of aromatic nitrogens is 1. The van der Waals surface area contributed by atoms with Crippen molar-refractivity contribution in [2.24, 2.45) is 0 Å². The quantitative estimate of drug-likeness (QED) is 0.881. The zero-order valence-electron chi connectivity index (χ0n) is 11.3. The van der Waals surface area contributed by atoms with Gasteiger partial charge in [0.15, 0.2) is 6.10 Å². The Balaban J connectivity index is 1.90. The zero-order chi connectivity index (χ0) is 13.9. The van der Waals surface area contributed by atoms with Crippen molar-refractivity contribution in [3.05, 3.63) is 44.8 Å². The Morgan fingerprint density at radius 3 is 3.15 bits per heavy atom. The molecule has 1 aliphatic rings. The maximum absolute atomic E-state index is 6.15. The summed E-state index contributed by atoms with van der Waals surface area (Å²) in [5.74, 6) is 0.958. The molecule has 0 aliphatic carbocycles. The van der Waals surface area contributed by atoms with Gasteiger partial charge < -0.3 is 10.1 Å². The van der Waals surface area contributed by atoms with Gasteiger partial charge in [-0.2, -0.15) is 0 Å². The highest BCUT2D eigenvalue weighted by Gasteiger charge is 2.30. The van der Waals surface area contributed by atoms with Gasteiger partial charge in [-0.3, -0.25) is 0 Å². The van der Waals surface area contributed by atoms with Crippen LogP contribution in [0.15, 0.2) is 34.2 Å². The first-order valence-corrected chi connectivity index (χ1v) is 8.54. The molecular weight excluding hydrogens is 336 g/mol. The Kier molecular flexibility index (Phi) is 4.38. The van der Waals surface area contributed by atoms with Crippen LogP contribution in [0.5, 0.6) is 5.75 Å². The molecule has 2 heterocycles. The van der Waals surface area contributed by atoms with Gasteiger partial charge in [0.1, 0.15) is 10.8 Å². The van der Waals surface area contributed by atoms with E-state index < -0.39 is 0 Å². The number of hydrogen-bond donors (Lipinski definition) is 1. The van der Waals surface area contributed by atoms with Gasteiger partial charge in [-0.1, -0.05) is 28.9 Å². The first-order chi connectivity index (χ1) is 9.78. The van der Waals surface area contributed by atoms with Gasteiger partial charge in [-0.25, -0.2) is 4.98 Å². The van der Waals surface area contributed by atoms with Crippen LogP contribution in [0, 0.1) is 0 Å². The summed E-state index contributed by atoms with van der Waals surface area (Å²) < 4.78 is 7.19. The number of hydrogen-bond acceptors (Lipinski definition) is 4. The van der Waals surface area contributed by atoms with Gasteiger partial charge in [-0.05, 0) is 25.1 Å². The molecule has 1 aliphatic heterocycles. The second kappa shape index (κ2) is 6.24. The summed E-state index contributed by atoms with van der Waals surface area (Å²) in [5, 5.41) is 6.68. The predicted octanol–water partition coefficient (Wildman–Crippen LogP) is 4.47. The molecule has 106 valence electrons. The average Bonchev–Trinajstić information content (AvgIpc) is 2.98. The van der Waals surface area contributed by atoms with Gasteiger partial charge >= 0.3 is 0 Å². The van der Waals surface area contributed by atoms with Crippen molar-refractivity contribution in [2.45, 2.75) is 31.9 Å². The van der Waals surface area contributed by atoms with Crippen LogP contribution in [-0.2, 0) is 0 Å². The van der Waals surface area contributed by atoms with Crippen molar-refractivity contribution >= 4 is 27.3 Å². The smallest absolute Gasteiger partial charge is 0.152 e. The second-order valence-electron chi connectivity index (χ2n) is 4.90. The molecular formula is C15H17BrN2OS. The molecule has 20 heavy (non-hydrogen) atoms. The standard InChI is InChI=1S/C15H17BrN2OS/c1-2-5-17-12-9-14(15-18-6-7-20-15)19-13-8-10(16)3-4-11(12)13/h3-4,6-8,12,14,17H,2,5,9H2,1H3. The van der Waals surface area contributed by atoms with Crippen LogP contribution in [0.1, 0.15) is 42.5 Å². The third kappa shape index (κ3) is 2.90. The summed E-state index contributed by atoms with van der Waals surface area (Å²) in [5.41, 5.74) is 1.24. The third-order valence-electron chi connectivity index (χ3n) is 3.44. The topological polar surface area (TPSA) is 34.2 Å². The normalized spacial score (nSPS) is 21.3. The lowest BCUT2D eigenvalue weighted by Gasteiger charge is -2.32. The van der Waals surface area contributed by atoms with Gasteiger partial charge in [0.25, 0.3) is 0 Å². The van der Waals surface area contributed by atoms with Crippen molar-refractivity contribution in [3.8, 4) is 5.75 Å². The first kappa shape index (κ1) is 14.0. The summed E-state index contributed by atoms with van der Waals surface area (Å²) in [6.45, 7) is 3.21. The fourth-order valence-corrected chi connectivity index (χ4v) is 3.52. The van der Waals surface area contributed by atoms with Crippen LogP contribution in [0.4, 0.5) is 0 Å². The Morgan fingerprint density at radius 2 is 2.40 bits per heavy atom. The molecule has 1 aromatic carbocycles. The average molecular weight is 353 g/mol. The molecule has 2 unspecified atom stereocenters. The molecule has 1 N–H and O–H groups in total. The highest BCUT2D eigenvalue weighted by Crippen LogP contribution is 2.42. The van der Waals surface area contributed by atoms with Crippen LogP contribution < -0.4 is 10.1 Å². The number of rotatable bonds is 4. The summed E-state index contributed by atoms with van der Waals surface area (Å²) in [6, 6.07) is 6.60. The predicted molar refractivity (Wildman–Crippen MR) is 85.3 cm³/mol. The highest BCUT2D eigenvalue weighted by atomic mass is 79.9. The largest absolute Gasteiger partial charge is 0.483 e. The lowest BCUT2D eigenvalue weighted by Crippen LogP contribution is -2.29. The number of nitrogens with zero attached hydrogens (tertiary/aromatic N) is 1. The van der Waals surface area contributed by atoms with E-state index in [0.29, 0.717) is 6.04 Å². The highest BCUT2D eigenvalue weighted by molar-refractivity contribution is 9.10. The van der Waals surface area contributed by atoms with E-state index in [1.807, 2.05) is 11.6 Å². The van der Waals surface area contributed by atoms with Crippen molar-refractivity contribution in [2.75, 3.05) is 6.54 Å². The van der Waals surface area contributed by atoms with E-state index in [1.165, 1.54) is 5.56 Å². The summed E-state index contributed by atoms with van der Waals surface area (Å²) in [7, 11) is 0. The van der Waals surface area contributed by atoms with Gasteiger partial charge in [0.2, 0.25) is 0 Å². The number of fused-ring (bicyclic) bond motifs is 1. The molecule has 2 atom stereocenters. The Labute approximate surface area is 131 Å². The van der Waals surface area contributed by atoms with Crippen LogP contribution in [0.2, 0.25) is 0 Å². The molecule has 0 bridgehead atoms. The van der Waals surface area contributed by atoms with Gasteiger partial charge in [0.05, 0.1) is 0 Å². The van der Waals surface area contributed by atoms with Crippen molar-refractivity contribution in [1.82, 2.24) is 10.3 Å². The van der Waals surface area contributed by atoms with Crippen LogP contribution in [0.3, 0.4) is 0 Å². The summed E-state index contributed by atoms with van der Waals surface area (Å²) >= 11 is 5.18. The van der Waals surface area contributed by atoms with Gasteiger partial charge in [-0.15, -0.1) is 11.3 Å².